The number of thiazole rings is 1. The fourth-order valence-electron chi connectivity index (χ4n) is 2.70. The van der Waals surface area contributed by atoms with Gasteiger partial charge >= 0.3 is 0 Å². The predicted molar refractivity (Wildman–Crippen MR) is 79.2 cm³/mol. The van der Waals surface area contributed by atoms with Gasteiger partial charge in [-0.3, -0.25) is 0 Å². The standard InChI is InChI=1S/C14H21N3S/c1-8-7-11(9(2)17(8)14(4,5)6)12-10(3)18-13(15)16-12/h7H,1-6H3,(H2,15,16). The van der Waals surface area contributed by atoms with Crippen molar-refractivity contribution in [2.45, 2.75) is 47.1 Å². The van der Waals surface area contributed by atoms with Gasteiger partial charge in [0.05, 0.1) is 5.69 Å². The van der Waals surface area contributed by atoms with Crippen molar-refractivity contribution in [2.75, 3.05) is 5.73 Å². The number of aromatic nitrogens is 2. The molecule has 18 heavy (non-hydrogen) atoms. The molecule has 3 nitrogen and oxygen atoms in total. The van der Waals surface area contributed by atoms with E-state index >= 15 is 0 Å². The molecule has 0 unspecified atom stereocenters. The Bertz CT molecular complexity index is 585. The van der Waals surface area contributed by atoms with Crippen molar-refractivity contribution in [3.63, 3.8) is 0 Å². The Morgan fingerprint density at radius 3 is 2.22 bits per heavy atom. The summed E-state index contributed by atoms with van der Waals surface area (Å²) in [6.45, 7) is 13.0. The molecule has 0 aliphatic rings. The van der Waals surface area contributed by atoms with E-state index < -0.39 is 0 Å². The number of hydrogen-bond acceptors (Lipinski definition) is 3. The molecule has 2 N–H and O–H groups in total. The predicted octanol–water partition coefficient (Wildman–Crippen LogP) is 3.87. The monoisotopic (exact) mass is 263 g/mol. The van der Waals surface area contributed by atoms with Gasteiger partial charge in [0, 0.05) is 27.4 Å². The third kappa shape index (κ3) is 2.05. The van der Waals surface area contributed by atoms with E-state index in [1.807, 2.05) is 0 Å². The summed E-state index contributed by atoms with van der Waals surface area (Å²) in [5.74, 6) is 0. The molecular formula is C14H21N3S. The van der Waals surface area contributed by atoms with Crippen LogP contribution in [-0.2, 0) is 5.54 Å². The quantitative estimate of drug-likeness (QED) is 0.848. The first-order valence-electron chi connectivity index (χ1n) is 6.14. The lowest BCUT2D eigenvalue weighted by Crippen LogP contribution is -2.24. The second-order valence-corrected chi connectivity index (χ2v) is 6.98. The first kappa shape index (κ1) is 13.1. The molecule has 0 radical (unpaired) electrons. The van der Waals surface area contributed by atoms with Crippen LogP contribution in [0.1, 0.15) is 37.0 Å². The average molecular weight is 263 g/mol. The largest absolute Gasteiger partial charge is 0.375 e. The third-order valence-electron chi connectivity index (χ3n) is 3.17. The van der Waals surface area contributed by atoms with Gasteiger partial charge in [0.25, 0.3) is 0 Å². The number of anilines is 1. The first-order chi connectivity index (χ1) is 8.21. The van der Waals surface area contributed by atoms with Gasteiger partial charge < -0.3 is 10.3 Å². The Hall–Kier alpha value is -1.29. The fourth-order valence-corrected chi connectivity index (χ4v) is 3.40. The molecule has 0 spiro atoms. The first-order valence-corrected chi connectivity index (χ1v) is 6.96. The lowest BCUT2D eigenvalue weighted by Gasteiger charge is -2.25. The fraction of sp³-hybridized carbons (Fsp3) is 0.500. The number of nitrogens with zero attached hydrogens (tertiary/aromatic N) is 2. The van der Waals surface area contributed by atoms with Crippen molar-refractivity contribution < 1.29 is 0 Å². The number of nitrogens with two attached hydrogens (primary N) is 1. The van der Waals surface area contributed by atoms with Crippen LogP contribution < -0.4 is 5.73 Å². The normalized spacial score (nSPS) is 12.1. The van der Waals surface area contributed by atoms with E-state index in [9.17, 15) is 0 Å². The van der Waals surface area contributed by atoms with Crippen molar-refractivity contribution >= 4 is 16.5 Å². The van der Waals surface area contributed by atoms with Crippen LogP contribution in [0.4, 0.5) is 5.13 Å². The molecule has 0 fully saturated rings. The number of hydrogen-bond donors (Lipinski definition) is 1. The highest BCUT2D eigenvalue weighted by molar-refractivity contribution is 7.15. The van der Waals surface area contributed by atoms with Crippen LogP contribution in [0.2, 0.25) is 0 Å². The van der Waals surface area contributed by atoms with Gasteiger partial charge in [-0.1, -0.05) is 0 Å². The van der Waals surface area contributed by atoms with Crippen molar-refractivity contribution in [3.05, 3.63) is 22.3 Å². The second kappa shape index (κ2) is 4.12. The van der Waals surface area contributed by atoms with E-state index in [0.29, 0.717) is 5.13 Å². The van der Waals surface area contributed by atoms with Crippen LogP contribution in [0, 0.1) is 20.8 Å². The van der Waals surface area contributed by atoms with Gasteiger partial charge in [-0.2, -0.15) is 0 Å². The minimum atomic E-state index is 0.0852. The van der Waals surface area contributed by atoms with Crippen molar-refractivity contribution in [1.29, 1.82) is 0 Å². The van der Waals surface area contributed by atoms with Crippen LogP contribution in [0.5, 0.6) is 0 Å². The van der Waals surface area contributed by atoms with Crippen molar-refractivity contribution in [3.8, 4) is 11.3 Å². The Morgan fingerprint density at radius 2 is 1.83 bits per heavy atom. The molecule has 0 atom stereocenters. The maximum atomic E-state index is 5.80. The van der Waals surface area contributed by atoms with Crippen LogP contribution in [0.15, 0.2) is 6.07 Å². The topological polar surface area (TPSA) is 43.8 Å². The molecule has 2 aromatic rings. The van der Waals surface area contributed by atoms with Crippen LogP contribution >= 0.6 is 11.3 Å². The molecule has 0 bridgehead atoms. The van der Waals surface area contributed by atoms with Crippen LogP contribution in [0.3, 0.4) is 0 Å². The molecule has 2 rings (SSSR count). The summed E-state index contributed by atoms with van der Waals surface area (Å²) < 4.78 is 2.36. The third-order valence-corrected chi connectivity index (χ3v) is 3.97. The van der Waals surface area contributed by atoms with E-state index in [-0.39, 0.29) is 5.54 Å². The Kier molecular flexibility index (Phi) is 3.01. The molecule has 2 heterocycles. The van der Waals surface area contributed by atoms with Gasteiger partial charge in [0.15, 0.2) is 5.13 Å². The SMILES string of the molecule is Cc1sc(N)nc1-c1cc(C)n(C(C)(C)C)c1C. The van der Waals surface area contributed by atoms with Gasteiger partial charge in [0.2, 0.25) is 0 Å². The summed E-state index contributed by atoms with van der Waals surface area (Å²) in [6, 6.07) is 2.21. The molecule has 0 aliphatic heterocycles. The second-order valence-electron chi connectivity index (χ2n) is 5.75. The van der Waals surface area contributed by atoms with E-state index in [1.54, 1.807) is 11.3 Å². The Labute approximate surface area is 113 Å². The smallest absolute Gasteiger partial charge is 0.180 e. The lowest BCUT2D eigenvalue weighted by atomic mass is 10.1. The maximum Gasteiger partial charge on any atom is 0.180 e. The minimum Gasteiger partial charge on any atom is -0.375 e. The highest BCUT2D eigenvalue weighted by Crippen LogP contribution is 2.35. The molecule has 98 valence electrons. The summed E-state index contributed by atoms with van der Waals surface area (Å²) in [5.41, 5.74) is 10.6. The lowest BCUT2D eigenvalue weighted by molar-refractivity contribution is 0.383. The summed E-state index contributed by atoms with van der Waals surface area (Å²) in [4.78, 5) is 5.64. The zero-order chi connectivity index (χ0) is 13.7. The van der Waals surface area contributed by atoms with Gasteiger partial charge in [-0.15, -0.1) is 11.3 Å². The van der Waals surface area contributed by atoms with E-state index in [0.717, 1.165) is 5.69 Å². The maximum absolute atomic E-state index is 5.80. The molecule has 2 aromatic heterocycles. The summed E-state index contributed by atoms with van der Waals surface area (Å²) in [7, 11) is 0. The van der Waals surface area contributed by atoms with Gasteiger partial charge in [-0.05, 0) is 47.6 Å². The van der Waals surface area contributed by atoms with Gasteiger partial charge in [0.1, 0.15) is 0 Å². The number of rotatable bonds is 1. The van der Waals surface area contributed by atoms with Crippen molar-refractivity contribution in [2.24, 2.45) is 0 Å². The van der Waals surface area contributed by atoms with Crippen LogP contribution in [0.25, 0.3) is 11.3 Å². The minimum absolute atomic E-state index is 0.0852. The molecule has 0 aliphatic carbocycles. The molecule has 0 aromatic carbocycles. The number of nitrogen functional groups attached to an aromatic ring is 1. The van der Waals surface area contributed by atoms with E-state index in [4.69, 9.17) is 5.73 Å². The zero-order valence-electron chi connectivity index (χ0n) is 12.0. The summed E-state index contributed by atoms with van der Waals surface area (Å²) in [5, 5.41) is 0.642. The Balaban J connectivity index is 2.65. The summed E-state index contributed by atoms with van der Waals surface area (Å²) >= 11 is 1.55. The van der Waals surface area contributed by atoms with Gasteiger partial charge in [-0.25, -0.2) is 4.98 Å². The highest BCUT2D eigenvalue weighted by atomic mass is 32.1. The molecule has 0 saturated carbocycles. The van der Waals surface area contributed by atoms with Crippen molar-refractivity contribution in [1.82, 2.24) is 9.55 Å². The number of aryl methyl sites for hydroxylation is 2. The molecule has 4 heteroatoms. The zero-order valence-corrected chi connectivity index (χ0v) is 12.8. The Morgan fingerprint density at radius 1 is 1.22 bits per heavy atom. The van der Waals surface area contributed by atoms with E-state index in [1.165, 1.54) is 21.8 Å². The molecule has 0 saturated heterocycles. The summed E-state index contributed by atoms with van der Waals surface area (Å²) in [6.07, 6.45) is 0. The van der Waals surface area contributed by atoms with E-state index in [2.05, 4.69) is 57.2 Å². The highest BCUT2D eigenvalue weighted by Gasteiger charge is 2.22. The molecular weight excluding hydrogens is 242 g/mol. The van der Waals surface area contributed by atoms with Crippen LogP contribution in [-0.4, -0.2) is 9.55 Å². The molecule has 0 amide bonds. The average Bonchev–Trinajstić information content (AvgIpc) is 2.65.